The van der Waals surface area contributed by atoms with Crippen molar-refractivity contribution in [2.45, 2.75) is 57.9 Å². The molecule has 1 aliphatic carbocycles. The number of carbonyl (C=O) groups excluding carboxylic acids is 1. The number of carbonyl (C=O) groups is 2. The molecule has 0 aliphatic heterocycles. The van der Waals surface area contributed by atoms with E-state index in [2.05, 4.69) is 5.32 Å². The predicted octanol–water partition coefficient (Wildman–Crippen LogP) is 2.46. The third-order valence-corrected chi connectivity index (χ3v) is 3.76. The van der Waals surface area contributed by atoms with E-state index in [1.807, 2.05) is 13.8 Å². The number of nitrogens with one attached hydrogen (secondary N) is 1. The molecule has 1 aliphatic rings. The maximum atomic E-state index is 12.1. The molecule has 19 heavy (non-hydrogen) atoms. The molecule has 1 rings (SSSR count). The number of hydrogen-bond donors (Lipinski definition) is 2. The van der Waals surface area contributed by atoms with Crippen LogP contribution in [0.25, 0.3) is 0 Å². The maximum Gasteiger partial charge on any atom is 0.317 e. The Morgan fingerprint density at radius 3 is 2.42 bits per heavy atom. The number of carboxylic acids is 1. The minimum Gasteiger partial charge on any atom is -0.481 e. The summed E-state index contributed by atoms with van der Waals surface area (Å²) in [7, 11) is 1.81. The van der Waals surface area contributed by atoms with Crippen LogP contribution in [0.2, 0.25) is 0 Å². The fraction of sp³-hybridized carbons (Fsp3) is 0.857. The fourth-order valence-corrected chi connectivity index (χ4v) is 2.53. The van der Waals surface area contributed by atoms with Gasteiger partial charge in [0, 0.05) is 25.6 Å². The molecule has 5 heteroatoms. The van der Waals surface area contributed by atoms with Gasteiger partial charge in [0.2, 0.25) is 0 Å². The summed E-state index contributed by atoms with van der Waals surface area (Å²) in [5.41, 5.74) is -0.487. The Kier molecular flexibility index (Phi) is 5.63. The van der Waals surface area contributed by atoms with Gasteiger partial charge in [0.05, 0.1) is 0 Å². The molecule has 110 valence electrons. The van der Waals surface area contributed by atoms with E-state index in [9.17, 15) is 9.59 Å². The van der Waals surface area contributed by atoms with Gasteiger partial charge in [0.25, 0.3) is 0 Å². The summed E-state index contributed by atoms with van der Waals surface area (Å²) in [5.74, 6) is -0.209. The van der Waals surface area contributed by atoms with Crippen LogP contribution in [0.1, 0.15) is 52.4 Å². The topological polar surface area (TPSA) is 69.6 Å². The van der Waals surface area contributed by atoms with Crippen molar-refractivity contribution in [3.8, 4) is 0 Å². The zero-order chi connectivity index (χ0) is 14.5. The molecule has 0 aromatic heterocycles. The van der Waals surface area contributed by atoms with Crippen molar-refractivity contribution in [1.82, 2.24) is 10.2 Å². The number of nitrogens with zero attached hydrogens (tertiary/aromatic N) is 1. The summed E-state index contributed by atoms with van der Waals surface area (Å²) in [6.07, 6.45) is 5.46. The van der Waals surface area contributed by atoms with Gasteiger partial charge in [-0.25, -0.2) is 4.79 Å². The molecule has 0 aromatic carbocycles. The second-order valence-corrected chi connectivity index (χ2v) is 6.24. The van der Waals surface area contributed by atoms with Crippen molar-refractivity contribution >= 4 is 12.0 Å². The molecule has 1 fully saturated rings. The molecule has 0 heterocycles. The van der Waals surface area contributed by atoms with Crippen molar-refractivity contribution in [1.29, 1.82) is 0 Å². The summed E-state index contributed by atoms with van der Waals surface area (Å²) in [6, 6.07) is -0.109. The fourth-order valence-electron chi connectivity index (χ4n) is 2.53. The van der Waals surface area contributed by atoms with Crippen LogP contribution >= 0.6 is 0 Å². The number of amides is 2. The molecule has 0 atom stereocenters. The van der Waals surface area contributed by atoms with E-state index >= 15 is 0 Å². The van der Waals surface area contributed by atoms with Gasteiger partial charge in [-0.15, -0.1) is 0 Å². The molecule has 2 amide bonds. The Hall–Kier alpha value is -1.26. The van der Waals surface area contributed by atoms with Crippen LogP contribution in [0.15, 0.2) is 0 Å². The van der Waals surface area contributed by atoms with Crippen molar-refractivity contribution in [3.63, 3.8) is 0 Å². The SMILES string of the molecule is CN(CC1CCCC1)C(=O)NC(C)(C)CCC(=O)O. The van der Waals surface area contributed by atoms with Crippen molar-refractivity contribution in [2.24, 2.45) is 5.92 Å². The molecule has 0 radical (unpaired) electrons. The molecule has 1 saturated carbocycles. The van der Waals surface area contributed by atoms with Crippen LogP contribution in [-0.2, 0) is 4.79 Å². The lowest BCUT2D eigenvalue weighted by atomic mass is 9.98. The van der Waals surface area contributed by atoms with E-state index in [1.165, 1.54) is 25.7 Å². The summed E-state index contributed by atoms with van der Waals surface area (Å²) in [5, 5.41) is 11.6. The summed E-state index contributed by atoms with van der Waals surface area (Å²) < 4.78 is 0. The molecular formula is C14H26N2O3. The minimum atomic E-state index is -0.832. The molecular weight excluding hydrogens is 244 g/mol. The smallest absolute Gasteiger partial charge is 0.317 e. The van der Waals surface area contributed by atoms with E-state index in [0.717, 1.165) is 6.54 Å². The van der Waals surface area contributed by atoms with Gasteiger partial charge in [0.1, 0.15) is 0 Å². The highest BCUT2D eigenvalue weighted by Crippen LogP contribution is 2.25. The molecule has 0 unspecified atom stereocenters. The van der Waals surface area contributed by atoms with Crippen LogP contribution in [0, 0.1) is 5.92 Å². The lowest BCUT2D eigenvalue weighted by molar-refractivity contribution is -0.137. The third-order valence-electron chi connectivity index (χ3n) is 3.76. The van der Waals surface area contributed by atoms with Gasteiger partial charge in [-0.2, -0.15) is 0 Å². The Balaban J connectivity index is 2.36. The van der Waals surface area contributed by atoms with Gasteiger partial charge >= 0.3 is 12.0 Å². The zero-order valence-corrected chi connectivity index (χ0v) is 12.2. The maximum absolute atomic E-state index is 12.1. The van der Waals surface area contributed by atoms with Crippen molar-refractivity contribution < 1.29 is 14.7 Å². The highest BCUT2D eigenvalue weighted by Gasteiger charge is 2.25. The number of rotatable bonds is 6. The largest absolute Gasteiger partial charge is 0.481 e. The standard InChI is InChI=1S/C14H26N2O3/c1-14(2,9-8-12(17)18)15-13(19)16(3)10-11-6-4-5-7-11/h11H,4-10H2,1-3H3,(H,15,19)(H,17,18). The molecule has 0 bridgehead atoms. The van der Waals surface area contributed by atoms with Gasteiger partial charge in [0.15, 0.2) is 0 Å². The number of urea groups is 1. The first kappa shape index (κ1) is 15.8. The molecule has 2 N–H and O–H groups in total. The second-order valence-electron chi connectivity index (χ2n) is 6.24. The lowest BCUT2D eigenvalue weighted by Gasteiger charge is -2.30. The Morgan fingerprint density at radius 2 is 1.89 bits per heavy atom. The Bertz CT molecular complexity index is 323. The van der Waals surface area contributed by atoms with Gasteiger partial charge in [-0.05, 0) is 39.0 Å². The van der Waals surface area contributed by atoms with E-state index in [0.29, 0.717) is 12.3 Å². The highest BCUT2D eigenvalue weighted by molar-refractivity contribution is 5.75. The van der Waals surface area contributed by atoms with Crippen LogP contribution in [0.3, 0.4) is 0 Å². The molecule has 0 aromatic rings. The van der Waals surface area contributed by atoms with E-state index in [1.54, 1.807) is 11.9 Å². The average molecular weight is 270 g/mol. The number of hydrogen-bond acceptors (Lipinski definition) is 2. The Labute approximate surface area is 115 Å². The first-order chi connectivity index (χ1) is 8.80. The van der Waals surface area contributed by atoms with Gasteiger partial charge < -0.3 is 15.3 Å². The third kappa shape index (κ3) is 5.94. The van der Waals surface area contributed by atoms with E-state index in [4.69, 9.17) is 5.11 Å². The van der Waals surface area contributed by atoms with Crippen LogP contribution in [-0.4, -0.2) is 41.1 Å². The van der Waals surface area contributed by atoms with E-state index in [-0.39, 0.29) is 12.5 Å². The normalized spacial score (nSPS) is 16.4. The average Bonchev–Trinajstić information content (AvgIpc) is 2.78. The van der Waals surface area contributed by atoms with Gasteiger partial charge in [-0.1, -0.05) is 12.8 Å². The van der Waals surface area contributed by atoms with Crippen molar-refractivity contribution in [3.05, 3.63) is 0 Å². The number of aliphatic carboxylic acids is 1. The van der Waals surface area contributed by atoms with Gasteiger partial charge in [-0.3, -0.25) is 4.79 Å². The zero-order valence-electron chi connectivity index (χ0n) is 12.2. The van der Waals surface area contributed by atoms with E-state index < -0.39 is 11.5 Å². The number of carboxylic acid groups (broad SMARTS) is 1. The lowest BCUT2D eigenvalue weighted by Crippen LogP contribution is -2.49. The second kappa shape index (κ2) is 6.78. The predicted molar refractivity (Wildman–Crippen MR) is 74.1 cm³/mol. The van der Waals surface area contributed by atoms with Crippen molar-refractivity contribution in [2.75, 3.05) is 13.6 Å². The first-order valence-electron chi connectivity index (χ1n) is 7.05. The molecule has 5 nitrogen and oxygen atoms in total. The van der Waals surface area contributed by atoms with Crippen LogP contribution < -0.4 is 5.32 Å². The first-order valence-corrected chi connectivity index (χ1v) is 7.05. The van der Waals surface area contributed by atoms with Crippen LogP contribution in [0.4, 0.5) is 4.79 Å². The monoisotopic (exact) mass is 270 g/mol. The molecule has 0 spiro atoms. The summed E-state index contributed by atoms with van der Waals surface area (Å²) in [6.45, 7) is 4.51. The quantitative estimate of drug-likeness (QED) is 0.779. The molecule has 0 saturated heterocycles. The highest BCUT2D eigenvalue weighted by atomic mass is 16.4. The summed E-state index contributed by atoms with van der Waals surface area (Å²) in [4.78, 5) is 24.4. The van der Waals surface area contributed by atoms with Crippen LogP contribution in [0.5, 0.6) is 0 Å². The summed E-state index contributed by atoms with van der Waals surface area (Å²) >= 11 is 0. The Morgan fingerprint density at radius 1 is 1.32 bits per heavy atom. The minimum absolute atomic E-state index is 0.0691.